The highest BCUT2D eigenvalue weighted by Gasteiger charge is 2.15. The fourth-order valence-electron chi connectivity index (χ4n) is 1.83. The lowest BCUT2D eigenvalue weighted by Gasteiger charge is -2.19. The van der Waals surface area contributed by atoms with Crippen LogP contribution in [0.4, 0.5) is 0 Å². The lowest BCUT2D eigenvalue weighted by atomic mass is 10.0. The van der Waals surface area contributed by atoms with Crippen molar-refractivity contribution in [2.45, 2.75) is 45.8 Å². The summed E-state index contributed by atoms with van der Waals surface area (Å²) < 4.78 is 5.30. The van der Waals surface area contributed by atoms with Gasteiger partial charge in [-0.25, -0.2) is 0 Å². The van der Waals surface area contributed by atoms with E-state index in [1.54, 1.807) is 7.11 Å². The van der Waals surface area contributed by atoms with Gasteiger partial charge in [-0.3, -0.25) is 0 Å². The summed E-state index contributed by atoms with van der Waals surface area (Å²) >= 11 is 1.85. The number of thiophene rings is 1. The highest BCUT2D eigenvalue weighted by atomic mass is 32.1. The predicted molar refractivity (Wildman–Crippen MR) is 71.2 cm³/mol. The van der Waals surface area contributed by atoms with Crippen LogP contribution < -0.4 is 5.32 Å². The molecule has 3 heteroatoms. The van der Waals surface area contributed by atoms with Crippen LogP contribution in [0.15, 0.2) is 11.4 Å². The topological polar surface area (TPSA) is 21.3 Å². The van der Waals surface area contributed by atoms with Gasteiger partial charge in [-0.15, -0.1) is 11.3 Å². The van der Waals surface area contributed by atoms with E-state index < -0.39 is 0 Å². The van der Waals surface area contributed by atoms with Crippen molar-refractivity contribution in [3.63, 3.8) is 0 Å². The third-order valence-electron chi connectivity index (χ3n) is 2.93. The second-order valence-electron chi connectivity index (χ2n) is 4.20. The van der Waals surface area contributed by atoms with Gasteiger partial charge in [0.25, 0.3) is 0 Å². The van der Waals surface area contributed by atoms with Gasteiger partial charge in [-0.2, -0.15) is 0 Å². The van der Waals surface area contributed by atoms with Crippen LogP contribution in [0.25, 0.3) is 0 Å². The minimum Gasteiger partial charge on any atom is -0.382 e. The third-order valence-corrected chi connectivity index (χ3v) is 4.07. The molecule has 2 unspecified atom stereocenters. The minimum atomic E-state index is 0.349. The van der Waals surface area contributed by atoms with Gasteiger partial charge >= 0.3 is 0 Å². The normalized spacial score (nSPS) is 15.0. The number of hydrogen-bond acceptors (Lipinski definition) is 3. The molecule has 16 heavy (non-hydrogen) atoms. The van der Waals surface area contributed by atoms with Crippen molar-refractivity contribution in [1.82, 2.24) is 5.32 Å². The summed E-state index contributed by atoms with van der Waals surface area (Å²) in [5, 5.41) is 5.74. The van der Waals surface area contributed by atoms with Gasteiger partial charge in [0.2, 0.25) is 0 Å². The van der Waals surface area contributed by atoms with Crippen LogP contribution in [-0.4, -0.2) is 19.8 Å². The van der Waals surface area contributed by atoms with Gasteiger partial charge in [-0.05, 0) is 50.2 Å². The number of hydrogen-bond donors (Lipinski definition) is 1. The smallest absolute Gasteiger partial charge is 0.0543 e. The molecule has 2 nitrogen and oxygen atoms in total. The van der Waals surface area contributed by atoms with E-state index in [9.17, 15) is 0 Å². The van der Waals surface area contributed by atoms with E-state index in [0.717, 1.165) is 19.4 Å². The maximum atomic E-state index is 5.30. The number of rotatable bonds is 7. The van der Waals surface area contributed by atoms with Crippen LogP contribution in [-0.2, 0) is 4.74 Å². The summed E-state index contributed by atoms with van der Waals surface area (Å²) in [5.41, 5.74) is 1.40. The van der Waals surface area contributed by atoms with E-state index in [-0.39, 0.29) is 0 Å². The first-order valence-corrected chi connectivity index (χ1v) is 6.87. The molecule has 0 spiro atoms. The van der Waals surface area contributed by atoms with Crippen LogP contribution >= 0.6 is 11.3 Å². The number of nitrogens with one attached hydrogen (secondary N) is 1. The molecular weight excluding hydrogens is 218 g/mol. The van der Waals surface area contributed by atoms with Gasteiger partial charge in [0.05, 0.1) is 6.10 Å². The van der Waals surface area contributed by atoms with Crippen LogP contribution in [0.2, 0.25) is 0 Å². The largest absolute Gasteiger partial charge is 0.382 e. The molecule has 0 aliphatic carbocycles. The van der Waals surface area contributed by atoms with Gasteiger partial charge < -0.3 is 10.1 Å². The number of aryl methyl sites for hydroxylation is 1. The molecule has 92 valence electrons. The maximum absolute atomic E-state index is 5.30. The SMILES string of the molecule is CCNC(CCC(C)OC)c1sccc1C. The molecule has 0 fully saturated rings. The summed E-state index contributed by atoms with van der Waals surface area (Å²) in [7, 11) is 1.78. The van der Waals surface area contributed by atoms with Crippen LogP contribution in [0, 0.1) is 6.92 Å². The fourth-order valence-corrected chi connectivity index (χ4v) is 2.87. The maximum Gasteiger partial charge on any atom is 0.0543 e. The zero-order valence-electron chi connectivity index (χ0n) is 10.7. The van der Waals surface area contributed by atoms with E-state index in [1.807, 2.05) is 11.3 Å². The molecule has 0 saturated heterocycles. The first-order valence-electron chi connectivity index (χ1n) is 5.99. The summed E-state index contributed by atoms with van der Waals surface area (Å²) in [6, 6.07) is 2.69. The Labute approximate surface area is 103 Å². The van der Waals surface area contributed by atoms with Crippen LogP contribution in [0.1, 0.15) is 43.2 Å². The van der Waals surface area contributed by atoms with E-state index in [4.69, 9.17) is 4.74 Å². The van der Waals surface area contributed by atoms with E-state index in [1.165, 1.54) is 10.4 Å². The molecular formula is C13H23NOS. The van der Waals surface area contributed by atoms with Gasteiger partial charge in [-0.1, -0.05) is 6.92 Å². The Kier molecular flexibility index (Phi) is 6.03. The summed E-state index contributed by atoms with van der Waals surface area (Å²) in [6.07, 6.45) is 2.59. The first-order chi connectivity index (χ1) is 7.69. The molecule has 0 aromatic carbocycles. The standard InChI is InChI=1S/C13H23NOS/c1-5-14-12(7-6-11(3)15-4)13-10(2)8-9-16-13/h8-9,11-12,14H,5-7H2,1-4H3. The average molecular weight is 241 g/mol. The lowest BCUT2D eigenvalue weighted by Crippen LogP contribution is -2.22. The summed E-state index contributed by atoms with van der Waals surface area (Å²) in [6.45, 7) is 7.50. The van der Waals surface area contributed by atoms with Crippen molar-refractivity contribution in [2.24, 2.45) is 0 Å². The van der Waals surface area contributed by atoms with Gasteiger partial charge in [0.1, 0.15) is 0 Å². The molecule has 0 radical (unpaired) electrons. The third kappa shape index (κ3) is 3.89. The molecule has 1 aromatic heterocycles. The molecule has 0 aliphatic heterocycles. The Balaban J connectivity index is 2.58. The average Bonchev–Trinajstić information content (AvgIpc) is 2.70. The van der Waals surface area contributed by atoms with Crippen molar-refractivity contribution in [3.8, 4) is 0 Å². The van der Waals surface area contributed by atoms with Crippen molar-refractivity contribution < 1.29 is 4.74 Å². The Morgan fingerprint density at radius 1 is 1.44 bits per heavy atom. The van der Waals surface area contributed by atoms with E-state index in [2.05, 4.69) is 37.5 Å². The highest BCUT2D eigenvalue weighted by molar-refractivity contribution is 7.10. The Hall–Kier alpha value is -0.380. The molecule has 0 bridgehead atoms. The number of methoxy groups -OCH3 is 1. The van der Waals surface area contributed by atoms with Crippen molar-refractivity contribution >= 4 is 11.3 Å². The zero-order valence-corrected chi connectivity index (χ0v) is 11.6. The van der Waals surface area contributed by atoms with Crippen LogP contribution in [0.5, 0.6) is 0 Å². The van der Waals surface area contributed by atoms with E-state index in [0.29, 0.717) is 12.1 Å². The molecule has 2 atom stereocenters. The molecule has 0 saturated carbocycles. The molecule has 1 N–H and O–H groups in total. The Bertz CT molecular complexity index is 298. The predicted octanol–water partition coefficient (Wildman–Crippen LogP) is 3.52. The summed E-state index contributed by atoms with van der Waals surface area (Å²) in [5.74, 6) is 0. The lowest BCUT2D eigenvalue weighted by molar-refractivity contribution is 0.106. The molecule has 1 aromatic rings. The first kappa shape index (κ1) is 13.7. The molecule has 0 aliphatic rings. The van der Waals surface area contributed by atoms with Crippen LogP contribution in [0.3, 0.4) is 0 Å². The second kappa shape index (κ2) is 7.05. The highest BCUT2D eigenvalue weighted by Crippen LogP contribution is 2.27. The zero-order chi connectivity index (χ0) is 12.0. The minimum absolute atomic E-state index is 0.349. The van der Waals surface area contributed by atoms with Crippen molar-refractivity contribution in [3.05, 3.63) is 21.9 Å². The molecule has 1 rings (SSSR count). The van der Waals surface area contributed by atoms with Gasteiger partial charge in [0, 0.05) is 18.0 Å². The quantitative estimate of drug-likeness (QED) is 0.788. The Morgan fingerprint density at radius 3 is 2.69 bits per heavy atom. The molecule has 1 heterocycles. The fraction of sp³-hybridized carbons (Fsp3) is 0.692. The number of ether oxygens (including phenoxy) is 1. The Morgan fingerprint density at radius 2 is 2.19 bits per heavy atom. The van der Waals surface area contributed by atoms with Crippen molar-refractivity contribution in [1.29, 1.82) is 0 Å². The van der Waals surface area contributed by atoms with Crippen molar-refractivity contribution in [2.75, 3.05) is 13.7 Å². The monoisotopic (exact) mass is 241 g/mol. The summed E-state index contributed by atoms with van der Waals surface area (Å²) in [4.78, 5) is 1.48. The second-order valence-corrected chi connectivity index (χ2v) is 5.15. The van der Waals surface area contributed by atoms with Gasteiger partial charge in [0.15, 0.2) is 0 Å². The van der Waals surface area contributed by atoms with E-state index >= 15 is 0 Å². The molecule has 0 amide bonds.